The minimum atomic E-state index is -4.42. The number of carbonyl (C=O) groups is 1. The van der Waals surface area contributed by atoms with Crippen molar-refractivity contribution in [3.8, 4) is 11.1 Å². The van der Waals surface area contributed by atoms with Crippen LogP contribution in [0.25, 0.3) is 11.1 Å². The van der Waals surface area contributed by atoms with Gasteiger partial charge in [0.05, 0.1) is 17.0 Å². The molecule has 140 valence electrons. The van der Waals surface area contributed by atoms with E-state index in [1.165, 1.54) is 6.07 Å². The summed E-state index contributed by atoms with van der Waals surface area (Å²) in [4.78, 5) is 16.4. The Morgan fingerprint density at radius 1 is 0.821 bits per heavy atom. The van der Waals surface area contributed by atoms with Gasteiger partial charge in [-0.05, 0) is 29.3 Å². The van der Waals surface area contributed by atoms with E-state index in [1.54, 1.807) is 42.5 Å². The van der Waals surface area contributed by atoms with Crippen LogP contribution in [0.3, 0.4) is 0 Å². The highest BCUT2D eigenvalue weighted by Gasteiger charge is 2.30. The standard InChI is InChI=1S/C22H15F3N2O/c23-22(24,25)15-7-5-6-14(12-15)16-8-1-2-9-17(16)21-18-10-3-4-11-19(18)27-20(28)13-26-21/h1-12H,13H2,(H,27,28). The smallest absolute Gasteiger partial charge is 0.324 e. The lowest BCUT2D eigenvalue weighted by Gasteiger charge is -2.15. The molecule has 0 fully saturated rings. The lowest BCUT2D eigenvalue weighted by atomic mass is 9.92. The number of nitrogens with zero attached hydrogens (tertiary/aromatic N) is 1. The molecule has 6 heteroatoms. The molecule has 3 aromatic carbocycles. The second-order valence-corrected chi connectivity index (χ2v) is 6.38. The number of para-hydroxylation sites is 1. The fourth-order valence-corrected chi connectivity index (χ4v) is 3.26. The molecular weight excluding hydrogens is 365 g/mol. The Kier molecular flexibility index (Phi) is 4.47. The third-order valence-corrected chi connectivity index (χ3v) is 4.52. The van der Waals surface area contributed by atoms with E-state index in [0.717, 1.165) is 17.7 Å². The molecule has 0 aromatic heterocycles. The van der Waals surface area contributed by atoms with Crippen LogP contribution in [-0.2, 0) is 11.0 Å². The van der Waals surface area contributed by atoms with Crippen LogP contribution in [0.1, 0.15) is 16.7 Å². The van der Waals surface area contributed by atoms with Gasteiger partial charge in [-0.2, -0.15) is 13.2 Å². The molecule has 28 heavy (non-hydrogen) atoms. The lowest BCUT2D eigenvalue weighted by molar-refractivity contribution is -0.137. The highest BCUT2D eigenvalue weighted by molar-refractivity contribution is 6.21. The zero-order valence-corrected chi connectivity index (χ0v) is 14.6. The quantitative estimate of drug-likeness (QED) is 0.655. The van der Waals surface area contributed by atoms with Gasteiger partial charge in [0.2, 0.25) is 5.91 Å². The molecule has 0 unspecified atom stereocenters. The molecule has 4 rings (SSSR count). The molecule has 1 N–H and O–H groups in total. The van der Waals surface area contributed by atoms with Crippen molar-refractivity contribution in [2.45, 2.75) is 6.18 Å². The second kappa shape index (κ2) is 6.96. The minimum absolute atomic E-state index is 0.0546. The predicted octanol–water partition coefficient (Wildman–Crippen LogP) is 5.16. The van der Waals surface area contributed by atoms with E-state index in [1.807, 2.05) is 12.1 Å². The van der Waals surface area contributed by atoms with E-state index in [4.69, 9.17) is 0 Å². The first-order valence-electron chi connectivity index (χ1n) is 8.64. The molecule has 1 aliphatic rings. The molecule has 0 saturated carbocycles. The Morgan fingerprint density at radius 3 is 2.25 bits per heavy atom. The highest BCUT2D eigenvalue weighted by Crippen LogP contribution is 2.34. The Balaban J connectivity index is 1.89. The van der Waals surface area contributed by atoms with Gasteiger partial charge < -0.3 is 5.32 Å². The molecule has 3 nitrogen and oxygen atoms in total. The molecular formula is C22H15F3N2O. The summed E-state index contributed by atoms with van der Waals surface area (Å²) in [6, 6.07) is 19.6. The Hall–Kier alpha value is -3.41. The number of halogens is 3. The maximum atomic E-state index is 13.2. The van der Waals surface area contributed by atoms with Crippen molar-refractivity contribution in [1.29, 1.82) is 0 Å². The third-order valence-electron chi connectivity index (χ3n) is 4.52. The summed E-state index contributed by atoms with van der Waals surface area (Å²) >= 11 is 0. The number of anilines is 1. The number of hydrogen-bond acceptors (Lipinski definition) is 2. The zero-order valence-electron chi connectivity index (χ0n) is 14.6. The van der Waals surface area contributed by atoms with Crippen molar-refractivity contribution in [1.82, 2.24) is 0 Å². The van der Waals surface area contributed by atoms with Gasteiger partial charge in [-0.15, -0.1) is 0 Å². The largest absolute Gasteiger partial charge is 0.416 e. The summed E-state index contributed by atoms with van der Waals surface area (Å²) < 4.78 is 39.5. The first-order chi connectivity index (χ1) is 13.4. The van der Waals surface area contributed by atoms with E-state index in [9.17, 15) is 18.0 Å². The first kappa shape index (κ1) is 18.0. The molecule has 0 spiro atoms. The van der Waals surface area contributed by atoms with Crippen LogP contribution in [-0.4, -0.2) is 18.2 Å². The Labute approximate surface area is 159 Å². The van der Waals surface area contributed by atoms with Crippen LogP contribution < -0.4 is 5.32 Å². The van der Waals surface area contributed by atoms with Gasteiger partial charge in [-0.25, -0.2) is 0 Å². The topological polar surface area (TPSA) is 41.5 Å². The maximum absolute atomic E-state index is 13.2. The van der Waals surface area contributed by atoms with Crippen molar-refractivity contribution >= 4 is 17.3 Å². The molecule has 0 bridgehead atoms. The van der Waals surface area contributed by atoms with E-state index >= 15 is 0 Å². The van der Waals surface area contributed by atoms with Crippen LogP contribution >= 0.6 is 0 Å². The van der Waals surface area contributed by atoms with Gasteiger partial charge in [-0.1, -0.05) is 54.6 Å². The van der Waals surface area contributed by atoms with Crippen LogP contribution in [0.4, 0.5) is 18.9 Å². The van der Waals surface area contributed by atoms with E-state index in [0.29, 0.717) is 28.1 Å². The summed E-state index contributed by atoms with van der Waals surface area (Å²) in [7, 11) is 0. The number of amides is 1. The summed E-state index contributed by atoms with van der Waals surface area (Å²) in [6.45, 7) is -0.0546. The number of fused-ring (bicyclic) bond motifs is 1. The maximum Gasteiger partial charge on any atom is 0.416 e. The molecule has 3 aromatic rings. The molecule has 0 aliphatic carbocycles. The van der Waals surface area contributed by atoms with Gasteiger partial charge in [-0.3, -0.25) is 9.79 Å². The van der Waals surface area contributed by atoms with E-state index < -0.39 is 11.7 Å². The lowest BCUT2D eigenvalue weighted by Crippen LogP contribution is -2.13. The number of rotatable bonds is 2. The SMILES string of the molecule is O=C1CN=C(c2ccccc2-c2cccc(C(F)(F)F)c2)c2ccccc2N1. The fourth-order valence-electron chi connectivity index (χ4n) is 3.26. The van der Waals surface area contributed by atoms with Crippen molar-refractivity contribution in [3.63, 3.8) is 0 Å². The summed E-state index contributed by atoms with van der Waals surface area (Å²) in [5.41, 5.74) is 2.95. The Bertz CT molecular complexity index is 1090. The number of alkyl halides is 3. The summed E-state index contributed by atoms with van der Waals surface area (Å²) in [6.07, 6.45) is -4.42. The second-order valence-electron chi connectivity index (χ2n) is 6.38. The van der Waals surface area contributed by atoms with Gasteiger partial charge in [0.1, 0.15) is 6.54 Å². The summed E-state index contributed by atoms with van der Waals surface area (Å²) in [5, 5.41) is 2.81. The number of benzodiazepines with no additional fused rings is 1. The number of hydrogen-bond donors (Lipinski definition) is 1. The zero-order chi connectivity index (χ0) is 19.7. The average molecular weight is 380 g/mol. The fraction of sp³-hybridized carbons (Fsp3) is 0.0909. The predicted molar refractivity (Wildman–Crippen MR) is 102 cm³/mol. The van der Waals surface area contributed by atoms with Crippen molar-refractivity contribution in [3.05, 3.63) is 89.5 Å². The van der Waals surface area contributed by atoms with E-state index in [-0.39, 0.29) is 12.5 Å². The summed E-state index contributed by atoms with van der Waals surface area (Å²) in [5.74, 6) is -0.237. The van der Waals surface area contributed by atoms with Crippen molar-refractivity contribution < 1.29 is 18.0 Å². The number of aliphatic imine (C=N–C) groups is 1. The number of benzene rings is 3. The van der Waals surface area contributed by atoms with Gasteiger partial charge >= 0.3 is 6.18 Å². The van der Waals surface area contributed by atoms with Gasteiger partial charge in [0, 0.05) is 11.1 Å². The normalized spacial score (nSPS) is 14.0. The molecule has 1 amide bonds. The number of nitrogens with one attached hydrogen (secondary N) is 1. The van der Waals surface area contributed by atoms with Crippen LogP contribution in [0.15, 0.2) is 77.8 Å². The van der Waals surface area contributed by atoms with Crippen molar-refractivity contribution in [2.75, 3.05) is 11.9 Å². The molecule has 1 heterocycles. The molecule has 0 saturated heterocycles. The molecule has 0 radical (unpaired) electrons. The monoisotopic (exact) mass is 380 g/mol. The number of carbonyl (C=O) groups excluding carboxylic acids is 1. The highest BCUT2D eigenvalue weighted by atomic mass is 19.4. The third kappa shape index (κ3) is 3.41. The average Bonchev–Trinajstić information content (AvgIpc) is 2.85. The Morgan fingerprint density at radius 2 is 1.50 bits per heavy atom. The first-order valence-corrected chi connectivity index (χ1v) is 8.64. The molecule has 0 atom stereocenters. The minimum Gasteiger partial charge on any atom is -0.324 e. The van der Waals surface area contributed by atoms with Gasteiger partial charge in [0.15, 0.2) is 0 Å². The van der Waals surface area contributed by atoms with Gasteiger partial charge in [0.25, 0.3) is 0 Å². The van der Waals surface area contributed by atoms with Crippen LogP contribution in [0, 0.1) is 0 Å². The van der Waals surface area contributed by atoms with Crippen LogP contribution in [0.2, 0.25) is 0 Å². The van der Waals surface area contributed by atoms with Crippen molar-refractivity contribution in [2.24, 2.45) is 4.99 Å². The van der Waals surface area contributed by atoms with Crippen LogP contribution in [0.5, 0.6) is 0 Å². The van der Waals surface area contributed by atoms with E-state index in [2.05, 4.69) is 10.3 Å². The molecule has 1 aliphatic heterocycles.